The van der Waals surface area contributed by atoms with Crippen LogP contribution in [0.5, 0.6) is 0 Å². The summed E-state index contributed by atoms with van der Waals surface area (Å²) in [6.07, 6.45) is 4.76. The molecule has 0 aromatic carbocycles. The van der Waals surface area contributed by atoms with E-state index in [-0.39, 0.29) is 29.7 Å². The van der Waals surface area contributed by atoms with Gasteiger partial charge in [0.2, 0.25) is 0 Å². The second kappa shape index (κ2) is 8.47. The second-order valence-corrected chi connectivity index (χ2v) is 8.48. The number of anilines is 3. The molecule has 2 fully saturated rings. The van der Waals surface area contributed by atoms with Crippen molar-refractivity contribution in [2.24, 2.45) is 0 Å². The van der Waals surface area contributed by atoms with Gasteiger partial charge in [0.15, 0.2) is 5.65 Å². The molecule has 3 aromatic rings. The molecule has 174 valence electrons. The van der Waals surface area contributed by atoms with Gasteiger partial charge in [0.1, 0.15) is 29.1 Å². The number of carbonyl (C=O) groups is 1. The summed E-state index contributed by atoms with van der Waals surface area (Å²) in [4.78, 5) is 30.4. The van der Waals surface area contributed by atoms with Gasteiger partial charge in [-0.25, -0.2) is 9.37 Å². The van der Waals surface area contributed by atoms with Crippen LogP contribution in [0.25, 0.3) is 5.65 Å². The number of alkyl halides is 1. The van der Waals surface area contributed by atoms with Crippen molar-refractivity contribution in [3.05, 3.63) is 46.5 Å². The first kappa shape index (κ1) is 21.4. The van der Waals surface area contributed by atoms with E-state index < -0.39 is 6.17 Å². The van der Waals surface area contributed by atoms with Crippen molar-refractivity contribution in [1.29, 1.82) is 0 Å². The van der Waals surface area contributed by atoms with Crippen molar-refractivity contribution < 1.29 is 13.9 Å². The average Bonchev–Trinajstić information content (AvgIpc) is 3.20. The summed E-state index contributed by atoms with van der Waals surface area (Å²) >= 11 is 0. The number of fused-ring (bicyclic) bond motifs is 1. The number of rotatable bonds is 7. The Hall–Kier alpha value is -3.47. The number of hydrogen-bond donors (Lipinski definition) is 3. The fourth-order valence-electron chi connectivity index (χ4n) is 4.31. The summed E-state index contributed by atoms with van der Waals surface area (Å²) in [5, 5.41) is 13.4. The number of pyridine rings is 1. The third-order valence-corrected chi connectivity index (χ3v) is 6.49. The third-order valence-electron chi connectivity index (χ3n) is 6.49. The molecule has 11 heteroatoms. The molecule has 3 aromatic heterocycles. The molecule has 0 saturated heterocycles. The average molecular weight is 455 g/mol. The fraction of sp³-hybridized carbons (Fsp3) is 0.455. The lowest BCUT2D eigenvalue weighted by molar-refractivity contribution is 0.00732. The van der Waals surface area contributed by atoms with E-state index in [1.54, 1.807) is 43.1 Å². The second-order valence-electron chi connectivity index (χ2n) is 8.48. The first-order chi connectivity index (χ1) is 16.0. The van der Waals surface area contributed by atoms with E-state index in [2.05, 4.69) is 26.0 Å². The molecule has 2 aliphatic rings. The van der Waals surface area contributed by atoms with Crippen molar-refractivity contribution in [2.75, 3.05) is 24.8 Å². The smallest absolute Gasteiger partial charge is 0.274 e. The molecule has 0 bridgehead atoms. The summed E-state index contributed by atoms with van der Waals surface area (Å²) in [6, 6.07) is 4.92. The Bertz CT molecular complexity index is 1250. The van der Waals surface area contributed by atoms with Crippen molar-refractivity contribution in [3.8, 4) is 0 Å². The van der Waals surface area contributed by atoms with Gasteiger partial charge in [0.25, 0.3) is 11.5 Å². The normalized spacial score (nSPS) is 24.1. The van der Waals surface area contributed by atoms with E-state index in [0.717, 1.165) is 12.8 Å². The van der Waals surface area contributed by atoms with Crippen LogP contribution in [0.2, 0.25) is 0 Å². The van der Waals surface area contributed by atoms with Gasteiger partial charge in [-0.05, 0) is 37.8 Å². The zero-order valence-electron chi connectivity index (χ0n) is 18.4. The minimum absolute atomic E-state index is 0.0115. The summed E-state index contributed by atoms with van der Waals surface area (Å²) < 4.78 is 21.7. The molecule has 3 N–H and O–H groups in total. The minimum atomic E-state index is -0.855. The van der Waals surface area contributed by atoms with Crippen LogP contribution < -0.4 is 21.5 Å². The fourth-order valence-corrected chi connectivity index (χ4v) is 4.31. The number of methoxy groups -OCH3 is 1. The Morgan fingerprint density at radius 2 is 2.12 bits per heavy atom. The number of ether oxygens (including phenoxy) is 1. The molecule has 0 aliphatic heterocycles. The molecule has 10 nitrogen and oxygen atoms in total. The van der Waals surface area contributed by atoms with Gasteiger partial charge in [-0.3, -0.25) is 9.59 Å². The molecule has 33 heavy (non-hydrogen) atoms. The van der Waals surface area contributed by atoms with Crippen LogP contribution in [0.1, 0.15) is 42.1 Å². The molecule has 1 unspecified atom stereocenters. The maximum atomic E-state index is 13.3. The minimum Gasteiger partial charge on any atom is -0.379 e. The number of carbonyl (C=O) groups excluding carboxylic acids is 1. The van der Waals surface area contributed by atoms with Gasteiger partial charge in [0.05, 0.1) is 18.3 Å². The molecule has 3 heterocycles. The van der Waals surface area contributed by atoms with Crippen molar-refractivity contribution in [2.45, 2.75) is 50.0 Å². The van der Waals surface area contributed by atoms with Crippen LogP contribution >= 0.6 is 0 Å². The van der Waals surface area contributed by atoms with E-state index in [0.29, 0.717) is 41.4 Å². The Kier molecular flexibility index (Phi) is 5.49. The zero-order chi connectivity index (χ0) is 23.1. The highest BCUT2D eigenvalue weighted by Crippen LogP contribution is 2.33. The first-order valence-electron chi connectivity index (χ1n) is 11.0. The van der Waals surface area contributed by atoms with Gasteiger partial charge in [-0.1, -0.05) is 0 Å². The van der Waals surface area contributed by atoms with Crippen LogP contribution in [0, 0.1) is 0 Å². The predicted molar refractivity (Wildman–Crippen MR) is 121 cm³/mol. The molecule has 2 atom stereocenters. The monoisotopic (exact) mass is 455 g/mol. The van der Waals surface area contributed by atoms with E-state index in [4.69, 9.17) is 4.74 Å². The molecular weight excluding hydrogens is 429 g/mol. The summed E-state index contributed by atoms with van der Waals surface area (Å²) in [5.41, 5.74) is 0.752. The highest BCUT2D eigenvalue weighted by Gasteiger charge is 2.33. The topological polar surface area (TPSA) is 115 Å². The Labute approximate surface area is 189 Å². The predicted octanol–water partition coefficient (Wildman–Crippen LogP) is 2.26. The maximum Gasteiger partial charge on any atom is 0.274 e. The highest BCUT2D eigenvalue weighted by molar-refractivity contribution is 6.00. The van der Waals surface area contributed by atoms with Gasteiger partial charge in [-0.2, -0.15) is 9.61 Å². The van der Waals surface area contributed by atoms with Gasteiger partial charge in [-0.15, -0.1) is 0 Å². The van der Waals surface area contributed by atoms with Crippen molar-refractivity contribution in [1.82, 2.24) is 24.5 Å². The summed E-state index contributed by atoms with van der Waals surface area (Å²) in [7, 11) is 3.37. The van der Waals surface area contributed by atoms with Crippen LogP contribution in [0.15, 0.2) is 35.4 Å². The quantitative estimate of drug-likeness (QED) is 0.501. The van der Waals surface area contributed by atoms with Crippen molar-refractivity contribution in [3.63, 3.8) is 0 Å². The molecule has 5 rings (SSSR count). The SMILES string of the molecule is CNc1cc(Nc2cccn([C@H]3C[C@H](F)C3)c2=O)nc2c(C(=O)NC3CC[C@@H]3OC)cnn12. The molecule has 1 amide bonds. The molecule has 2 saturated carbocycles. The lowest BCUT2D eigenvalue weighted by atomic mass is 9.89. The van der Waals surface area contributed by atoms with Crippen molar-refractivity contribution >= 4 is 28.9 Å². The van der Waals surface area contributed by atoms with Gasteiger partial charge in [0, 0.05) is 32.5 Å². The molecular formula is C22H26FN7O3. The summed E-state index contributed by atoms with van der Waals surface area (Å²) in [6.45, 7) is 0. The van der Waals surface area contributed by atoms with E-state index in [9.17, 15) is 14.0 Å². The van der Waals surface area contributed by atoms with Crippen LogP contribution in [0.3, 0.4) is 0 Å². The third kappa shape index (κ3) is 3.82. The largest absolute Gasteiger partial charge is 0.379 e. The van der Waals surface area contributed by atoms with Crippen LogP contribution in [-0.2, 0) is 4.74 Å². The number of aromatic nitrogens is 4. The molecule has 0 spiro atoms. The highest BCUT2D eigenvalue weighted by atomic mass is 19.1. The van der Waals surface area contributed by atoms with Crippen LogP contribution in [0.4, 0.5) is 21.7 Å². The Morgan fingerprint density at radius 1 is 1.30 bits per heavy atom. The maximum absolute atomic E-state index is 13.3. The lowest BCUT2D eigenvalue weighted by Crippen LogP contribution is -2.51. The van der Waals surface area contributed by atoms with Crippen LogP contribution in [-0.4, -0.2) is 57.5 Å². The number of nitrogens with one attached hydrogen (secondary N) is 3. The van der Waals surface area contributed by atoms with E-state index >= 15 is 0 Å². The summed E-state index contributed by atoms with van der Waals surface area (Å²) in [5.74, 6) is 0.693. The number of hydrogen-bond acceptors (Lipinski definition) is 7. The Morgan fingerprint density at radius 3 is 2.79 bits per heavy atom. The number of halogens is 1. The Balaban J connectivity index is 1.45. The number of nitrogens with zero attached hydrogens (tertiary/aromatic N) is 4. The van der Waals surface area contributed by atoms with E-state index in [1.165, 1.54) is 10.7 Å². The zero-order valence-corrected chi connectivity index (χ0v) is 18.4. The van der Waals surface area contributed by atoms with Gasteiger partial charge < -0.3 is 25.3 Å². The number of amides is 1. The lowest BCUT2D eigenvalue weighted by Gasteiger charge is -2.35. The molecule has 0 radical (unpaired) electrons. The van der Waals surface area contributed by atoms with E-state index in [1.807, 2.05) is 0 Å². The molecule has 2 aliphatic carbocycles. The first-order valence-corrected chi connectivity index (χ1v) is 11.0. The standard InChI is InChI=1S/C22H26FN7O3/c1-24-19-10-18(26-16-4-3-7-29(22(16)32)13-8-12(23)9-13)28-20-14(11-25-30(19)20)21(31)27-15-5-6-17(15)33-2/h3-4,7,10-13,15,17,24H,5-6,8-9H2,1-2H3,(H,26,28)(H,27,31)/t12-,13-,15?,17-/m0/s1. The van der Waals surface area contributed by atoms with Gasteiger partial charge >= 0.3 is 0 Å².